The molecule has 2 amide bonds. The van der Waals surface area contributed by atoms with Crippen molar-refractivity contribution in [1.29, 1.82) is 0 Å². The van der Waals surface area contributed by atoms with Gasteiger partial charge >= 0.3 is 0 Å². The lowest BCUT2D eigenvalue weighted by Gasteiger charge is -2.35. The van der Waals surface area contributed by atoms with E-state index in [0.29, 0.717) is 30.9 Å². The van der Waals surface area contributed by atoms with Gasteiger partial charge in [-0.15, -0.1) is 0 Å². The number of sulfonamides is 1. The highest BCUT2D eigenvalue weighted by Gasteiger charge is 2.32. The predicted molar refractivity (Wildman–Crippen MR) is 184 cm³/mol. The lowest BCUT2D eigenvalue weighted by atomic mass is 10.0. The molecule has 1 heterocycles. The minimum absolute atomic E-state index is 0.0903. The molecule has 0 saturated heterocycles. The van der Waals surface area contributed by atoms with Crippen LogP contribution in [0.3, 0.4) is 0 Å². The zero-order chi connectivity index (χ0) is 34.7. The Bertz CT molecular complexity index is 1420. The van der Waals surface area contributed by atoms with Crippen molar-refractivity contribution in [3.8, 4) is 5.75 Å². The summed E-state index contributed by atoms with van der Waals surface area (Å²) in [7, 11) is 1.68. The van der Waals surface area contributed by atoms with Crippen molar-refractivity contribution in [2.24, 2.45) is 5.92 Å². The van der Waals surface area contributed by atoms with E-state index in [2.05, 4.69) is 5.32 Å². The van der Waals surface area contributed by atoms with Crippen LogP contribution in [0, 0.1) is 12.8 Å². The van der Waals surface area contributed by atoms with Crippen LogP contribution in [-0.4, -0.2) is 112 Å². The Kier molecular flexibility index (Phi) is 14.7. The van der Waals surface area contributed by atoms with E-state index in [1.165, 1.54) is 4.31 Å². The van der Waals surface area contributed by atoms with Gasteiger partial charge in [0.1, 0.15) is 5.75 Å². The smallest absolute Gasteiger partial charge is 0.258 e. The molecule has 0 fully saturated rings. The minimum atomic E-state index is -3.78. The van der Waals surface area contributed by atoms with Gasteiger partial charge in [0.05, 0.1) is 35.3 Å². The fraction of sp³-hybridized carbons (Fsp3) is 0.600. The maximum absolute atomic E-state index is 14.3. The van der Waals surface area contributed by atoms with E-state index in [1.807, 2.05) is 39.8 Å². The third-order valence-corrected chi connectivity index (χ3v) is 10.3. The first-order chi connectivity index (χ1) is 22.2. The van der Waals surface area contributed by atoms with E-state index in [9.17, 15) is 23.1 Å². The number of amides is 2. The number of rotatable bonds is 11. The summed E-state index contributed by atoms with van der Waals surface area (Å²) in [5.74, 6) is -0.395. The Morgan fingerprint density at radius 2 is 1.81 bits per heavy atom. The molecule has 12 heteroatoms. The first-order valence-corrected chi connectivity index (χ1v) is 18.0. The monoisotopic (exact) mass is 674 g/mol. The maximum Gasteiger partial charge on any atom is 0.258 e. The Hall–Kier alpha value is -3.03. The normalized spacial score (nSPS) is 20.8. The average Bonchev–Trinajstić information content (AvgIpc) is 3.02. The number of nitrogens with one attached hydrogen (secondary N) is 1. The number of aliphatic hydroxyl groups is 1. The van der Waals surface area contributed by atoms with Gasteiger partial charge in [-0.3, -0.25) is 9.59 Å². The van der Waals surface area contributed by atoms with Gasteiger partial charge in [0.2, 0.25) is 15.9 Å². The summed E-state index contributed by atoms with van der Waals surface area (Å²) in [6.45, 7) is 8.76. The minimum Gasteiger partial charge on any atom is -0.490 e. The second kappa shape index (κ2) is 17.9. The number of likely N-dealkylation sites (N-methyl/N-ethyl adjacent to an activating group) is 1. The Balaban J connectivity index is 1.92. The van der Waals surface area contributed by atoms with Crippen molar-refractivity contribution in [2.45, 2.75) is 82.9 Å². The molecule has 262 valence electrons. The van der Waals surface area contributed by atoms with Crippen molar-refractivity contribution in [3.63, 3.8) is 0 Å². The van der Waals surface area contributed by atoms with E-state index < -0.39 is 22.2 Å². The van der Waals surface area contributed by atoms with Gasteiger partial charge in [0, 0.05) is 44.8 Å². The number of fused-ring (bicyclic) bond motifs is 1. The standard InChI is InChI=1S/C35H54N4O7S/c1-25-13-16-30(17-14-25)47(43,44)38(7)23-33-26(2)22-39(27(3)24-40)35(42)31-21-29(36-34(41)12-10-19-37(5)6)15-18-32(31)46-28(4)11-8-9-20-45-33/h13-18,21,26-28,33,40H,8-12,19-20,22-24H2,1-7H3,(H,36,41)/t26-,27+,28-,33+/m0/s1. The van der Waals surface area contributed by atoms with Crippen LogP contribution in [0.4, 0.5) is 5.69 Å². The number of hydrogen-bond donors (Lipinski definition) is 2. The third kappa shape index (κ3) is 11.3. The molecule has 2 aromatic rings. The van der Waals surface area contributed by atoms with Crippen LogP contribution in [0.1, 0.15) is 68.8 Å². The fourth-order valence-corrected chi connectivity index (χ4v) is 6.67. The third-order valence-electron chi connectivity index (χ3n) is 8.51. The number of aliphatic hydroxyl groups excluding tert-OH is 1. The molecule has 47 heavy (non-hydrogen) atoms. The van der Waals surface area contributed by atoms with Gasteiger partial charge in [-0.1, -0.05) is 24.6 Å². The molecule has 0 saturated carbocycles. The van der Waals surface area contributed by atoms with Crippen molar-refractivity contribution >= 4 is 27.5 Å². The number of nitrogens with zero attached hydrogens (tertiary/aromatic N) is 3. The summed E-state index contributed by atoms with van der Waals surface area (Å²) < 4.78 is 40.8. The summed E-state index contributed by atoms with van der Waals surface area (Å²) in [6, 6.07) is 11.3. The van der Waals surface area contributed by atoms with Crippen molar-refractivity contribution < 1.29 is 32.6 Å². The van der Waals surface area contributed by atoms with Crippen molar-refractivity contribution in [2.75, 3.05) is 59.3 Å². The van der Waals surface area contributed by atoms with Crippen molar-refractivity contribution in [3.05, 3.63) is 53.6 Å². The zero-order valence-corrected chi connectivity index (χ0v) is 29.9. The largest absolute Gasteiger partial charge is 0.490 e. The Labute approximate surface area is 281 Å². The van der Waals surface area contributed by atoms with Crippen molar-refractivity contribution in [1.82, 2.24) is 14.1 Å². The van der Waals surface area contributed by atoms with Gasteiger partial charge in [-0.2, -0.15) is 4.31 Å². The van der Waals surface area contributed by atoms with Gasteiger partial charge in [-0.05, 0) is 97.4 Å². The van der Waals surface area contributed by atoms with Gasteiger partial charge in [0.15, 0.2) is 0 Å². The summed E-state index contributed by atoms with van der Waals surface area (Å²) in [6.07, 6.45) is 2.63. The molecular formula is C35H54N4O7S. The second-order valence-corrected chi connectivity index (χ2v) is 15.1. The number of anilines is 1. The van der Waals surface area contributed by atoms with Crippen LogP contribution in [0.2, 0.25) is 0 Å². The summed E-state index contributed by atoms with van der Waals surface area (Å²) in [4.78, 5) is 30.8. The van der Waals surface area contributed by atoms with E-state index in [1.54, 1.807) is 61.3 Å². The number of carbonyl (C=O) groups is 2. The maximum atomic E-state index is 14.3. The number of benzene rings is 2. The van der Waals surface area contributed by atoms with E-state index in [-0.39, 0.29) is 54.0 Å². The number of carbonyl (C=O) groups excluding carboxylic acids is 2. The lowest BCUT2D eigenvalue weighted by Crippen LogP contribution is -2.48. The molecule has 2 aromatic carbocycles. The second-order valence-electron chi connectivity index (χ2n) is 13.1. The van der Waals surface area contributed by atoms with Crippen LogP contribution < -0.4 is 10.1 Å². The highest BCUT2D eigenvalue weighted by molar-refractivity contribution is 7.89. The molecule has 0 aromatic heterocycles. The van der Waals surface area contributed by atoms with Crippen LogP contribution in [0.25, 0.3) is 0 Å². The van der Waals surface area contributed by atoms with E-state index in [0.717, 1.165) is 31.4 Å². The molecule has 0 radical (unpaired) electrons. The molecule has 0 aliphatic carbocycles. The molecule has 3 rings (SSSR count). The summed E-state index contributed by atoms with van der Waals surface area (Å²) >= 11 is 0. The highest BCUT2D eigenvalue weighted by Crippen LogP contribution is 2.29. The predicted octanol–water partition coefficient (Wildman–Crippen LogP) is 4.39. The summed E-state index contributed by atoms with van der Waals surface area (Å²) in [5, 5.41) is 13.1. The molecule has 11 nitrogen and oxygen atoms in total. The lowest BCUT2D eigenvalue weighted by molar-refractivity contribution is -0.116. The van der Waals surface area contributed by atoms with Crippen LogP contribution >= 0.6 is 0 Å². The van der Waals surface area contributed by atoms with Crippen LogP contribution in [-0.2, 0) is 19.6 Å². The fourth-order valence-electron chi connectivity index (χ4n) is 5.48. The molecule has 4 atom stereocenters. The molecule has 0 unspecified atom stereocenters. The Morgan fingerprint density at radius 1 is 1.11 bits per heavy atom. The molecule has 1 aliphatic heterocycles. The Morgan fingerprint density at radius 3 is 2.47 bits per heavy atom. The first kappa shape index (κ1) is 38.4. The topological polar surface area (TPSA) is 129 Å². The average molecular weight is 675 g/mol. The SMILES string of the molecule is Cc1ccc(S(=O)(=O)N(C)C[C@H]2OCCCC[C@H](C)Oc3ccc(NC(=O)CCCN(C)C)cc3C(=O)N([C@H](C)CO)C[C@@H]2C)cc1. The zero-order valence-electron chi connectivity index (χ0n) is 29.1. The van der Waals surface area contributed by atoms with E-state index >= 15 is 0 Å². The quantitative estimate of drug-likeness (QED) is 0.359. The number of hydrogen-bond acceptors (Lipinski definition) is 8. The van der Waals surface area contributed by atoms with Gasteiger partial charge in [0.25, 0.3) is 5.91 Å². The first-order valence-electron chi connectivity index (χ1n) is 16.5. The van der Waals surface area contributed by atoms with E-state index in [4.69, 9.17) is 9.47 Å². The molecule has 2 N–H and O–H groups in total. The molecule has 0 bridgehead atoms. The molecular weight excluding hydrogens is 620 g/mol. The summed E-state index contributed by atoms with van der Waals surface area (Å²) in [5.41, 5.74) is 1.73. The molecule has 1 aliphatic rings. The van der Waals surface area contributed by atoms with Gasteiger partial charge in [-0.25, -0.2) is 8.42 Å². The van der Waals surface area contributed by atoms with Gasteiger partial charge < -0.3 is 29.7 Å². The number of ether oxygens (including phenoxy) is 2. The molecule has 0 spiro atoms. The van der Waals surface area contributed by atoms with Crippen LogP contribution in [0.5, 0.6) is 5.75 Å². The highest BCUT2D eigenvalue weighted by atomic mass is 32.2. The van der Waals surface area contributed by atoms with Crippen LogP contribution in [0.15, 0.2) is 47.4 Å². The number of aryl methyl sites for hydroxylation is 1.